The van der Waals surface area contributed by atoms with Crippen LogP contribution in [0.1, 0.15) is 63.9 Å². The summed E-state index contributed by atoms with van der Waals surface area (Å²) in [5, 5.41) is 11.1. The number of aliphatic hydroxyl groups is 1. The molecule has 0 atom stereocenters. The summed E-state index contributed by atoms with van der Waals surface area (Å²) >= 11 is 0. The van der Waals surface area contributed by atoms with E-state index in [1.165, 1.54) is 42.1 Å². The summed E-state index contributed by atoms with van der Waals surface area (Å²) in [6.45, 7) is 7.11. The van der Waals surface area contributed by atoms with E-state index in [2.05, 4.69) is 46.9 Å². The molecule has 1 fully saturated rings. The number of unbranched alkanes of at least 4 members (excludes halogenated alkanes) is 3. The topological polar surface area (TPSA) is 28.4 Å². The van der Waals surface area contributed by atoms with Crippen molar-refractivity contribution in [1.29, 1.82) is 0 Å². The highest BCUT2D eigenvalue weighted by molar-refractivity contribution is 5.84. The van der Waals surface area contributed by atoms with Crippen molar-refractivity contribution in [3.05, 3.63) is 42.3 Å². The average molecular weight is 327 g/mol. The third kappa shape index (κ3) is 3.84. The van der Waals surface area contributed by atoms with Crippen molar-refractivity contribution in [3.8, 4) is 0 Å². The molecule has 0 unspecified atom stereocenters. The summed E-state index contributed by atoms with van der Waals surface area (Å²) in [7, 11) is 0. The van der Waals surface area contributed by atoms with Crippen molar-refractivity contribution in [2.45, 2.75) is 64.8 Å². The Morgan fingerprint density at radius 2 is 1.88 bits per heavy atom. The summed E-state index contributed by atoms with van der Waals surface area (Å²) in [6, 6.07) is 8.86. The molecule has 0 bridgehead atoms. The van der Waals surface area contributed by atoms with E-state index >= 15 is 0 Å². The van der Waals surface area contributed by atoms with Crippen LogP contribution < -0.4 is 0 Å². The first kappa shape index (κ1) is 17.5. The molecule has 24 heavy (non-hydrogen) atoms. The Labute approximate surface area is 146 Å². The fourth-order valence-electron chi connectivity index (χ4n) is 4.01. The molecule has 3 rings (SSSR count). The molecule has 1 radical (unpaired) electrons. The molecular formula is C21H31N2O. The van der Waals surface area contributed by atoms with Gasteiger partial charge in [-0.15, -0.1) is 0 Å². The number of aryl methyl sites for hydroxylation is 1. The number of aromatic nitrogens is 1. The van der Waals surface area contributed by atoms with Crippen molar-refractivity contribution in [2.75, 3.05) is 13.1 Å². The second-order valence-corrected chi connectivity index (χ2v) is 7.16. The van der Waals surface area contributed by atoms with E-state index in [4.69, 9.17) is 0 Å². The van der Waals surface area contributed by atoms with Gasteiger partial charge in [-0.3, -0.25) is 4.90 Å². The quantitative estimate of drug-likeness (QED) is 0.701. The Morgan fingerprint density at radius 1 is 1.12 bits per heavy atom. The highest BCUT2D eigenvalue weighted by atomic mass is 16.3. The Bertz CT molecular complexity index is 638. The fraction of sp³-hybridized carbons (Fsp3) is 0.571. The van der Waals surface area contributed by atoms with E-state index < -0.39 is 0 Å². The molecule has 1 aromatic heterocycles. The van der Waals surface area contributed by atoms with E-state index in [1.807, 2.05) is 0 Å². The van der Waals surface area contributed by atoms with Crippen LogP contribution >= 0.6 is 0 Å². The fourth-order valence-corrected chi connectivity index (χ4v) is 4.01. The molecule has 2 aromatic rings. The SMILES string of the molecule is CCCCCCn1cc(C2CCN([C](C)O)CC2)c2ccccc21. The van der Waals surface area contributed by atoms with Crippen LogP contribution in [0.5, 0.6) is 0 Å². The van der Waals surface area contributed by atoms with Crippen LogP contribution in [0.3, 0.4) is 0 Å². The van der Waals surface area contributed by atoms with E-state index in [0.29, 0.717) is 12.1 Å². The summed E-state index contributed by atoms with van der Waals surface area (Å²) < 4.78 is 2.47. The number of benzene rings is 1. The molecular weight excluding hydrogens is 296 g/mol. The minimum absolute atomic E-state index is 0.465. The largest absolute Gasteiger partial charge is 0.371 e. The molecule has 131 valence electrons. The number of hydrogen-bond donors (Lipinski definition) is 1. The summed E-state index contributed by atoms with van der Waals surface area (Å²) in [4.78, 5) is 2.10. The molecule has 1 aliphatic heterocycles. The number of para-hydroxylation sites is 1. The standard InChI is InChI=1S/C21H31N2O/c1-3-4-5-8-13-23-16-20(19-9-6-7-10-21(19)23)18-11-14-22(15-12-18)17(2)24/h6-7,9-10,16,18,24H,3-5,8,11-15H2,1-2H3. The van der Waals surface area contributed by atoms with Gasteiger partial charge in [0.2, 0.25) is 0 Å². The lowest BCUT2D eigenvalue weighted by Crippen LogP contribution is -2.34. The van der Waals surface area contributed by atoms with Crippen molar-refractivity contribution in [1.82, 2.24) is 9.47 Å². The highest BCUT2D eigenvalue weighted by Gasteiger charge is 2.25. The van der Waals surface area contributed by atoms with Gasteiger partial charge in [0.05, 0.1) is 0 Å². The molecule has 0 aliphatic carbocycles. The predicted octanol–water partition coefficient (Wildman–Crippen LogP) is 5.28. The van der Waals surface area contributed by atoms with Gasteiger partial charge in [0, 0.05) is 36.7 Å². The van der Waals surface area contributed by atoms with Gasteiger partial charge in [-0.1, -0.05) is 44.4 Å². The second kappa shape index (κ2) is 8.17. The first-order valence-electron chi connectivity index (χ1n) is 9.56. The maximum atomic E-state index is 9.69. The van der Waals surface area contributed by atoms with Crippen LogP contribution in [0.2, 0.25) is 0 Å². The van der Waals surface area contributed by atoms with Crippen LogP contribution in [0.15, 0.2) is 30.5 Å². The predicted molar refractivity (Wildman–Crippen MR) is 100 cm³/mol. The Balaban J connectivity index is 1.76. The van der Waals surface area contributed by atoms with Crippen molar-refractivity contribution < 1.29 is 5.11 Å². The van der Waals surface area contributed by atoms with Gasteiger partial charge in [0.15, 0.2) is 6.23 Å². The number of piperidine rings is 1. The van der Waals surface area contributed by atoms with Crippen molar-refractivity contribution >= 4 is 10.9 Å². The summed E-state index contributed by atoms with van der Waals surface area (Å²) in [5.41, 5.74) is 2.90. The van der Waals surface area contributed by atoms with Crippen LogP contribution in [0, 0.1) is 6.23 Å². The molecule has 1 saturated heterocycles. The Kier molecular flexibility index (Phi) is 5.96. The smallest absolute Gasteiger partial charge is 0.158 e. The van der Waals surface area contributed by atoms with Crippen LogP contribution in [0.25, 0.3) is 10.9 Å². The van der Waals surface area contributed by atoms with E-state index in [1.54, 1.807) is 6.92 Å². The molecule has 3 heteroatoms. The number of rotatable bonds is 7. The number of hydrogen-bond acceptors (Lipinski definition) is 2. The lowest BCUT2D eigenvalue weighted by molar-refractivity contribution is 0.0962. The first-order valence-corrected chi connectivity index (χ1v) is 9.56. The third-order valence-corrected chi connectivity index (χ3v) is 5.46. The van der Waals surface area contributed by atoms with Crippen LogP contribution in [0.4, 0.5) is 0 Å². The molecule has 1 aromatic carbocycles. The Hall–Kier alpha value is -1.32. The van der Waals surface area contributed by atoms with Gasteiger partial charge in [-0.05, 0) is 43.7 Å². The monoisotopic (exact) mass is 327 g/mol. The van der Waals surface area contributed by atoms with Gasteiger partial charge in [0.25, 0.3) is 0 Å². The molecule has 3 nitrogen and oxygen atoms in total. The maximum absolute atomic E-state index is 9.69. The summed E-state index contributed by atoms with van der Waals surface area (Å²) in [5.74, 6) is 0.613. The number of fused-ring (bicyclic) bond motifs is 1. The van der Waals surface area contributed by atoms with E-state index in [9.17, 15) is 5.11 Å². The maximum Gasteiger partial charge on any atom is 0.158 e. The van der Waals surface area contributed by atoms with Gasteiger partial charge in [-0.25, -0.2) is 0 Å². The lowest BCUT2D eigenvalue weighted by Gasteiger charge is -2.32. The second-order valence-electron chi connectivity index (χ2n) is 7.16. The zero-order chi connectivity index (χ0) is 16.9. The normalized spacial score (nSPS) is 17.2. The zero-order valence-electron chi connectivity index (χ0n) is 15.2. The molecule has 1 N–H and O–H groups in total. The number of nitrogens with zero attached hydrogens (tertiary/aromatic N) is 2. The average Bonchev–Trinajstić information content (AvgIpc) is 2.98. The first-order chi connectivity index (χ1) is 11.7. The van der Waals surface area contributed by atoms with Gasteiger partial charge in [-0.2, -0.15) is 0 Å². The molecule has 2 heterocycles. The van der Waals surface area contributed by atoms with Gasteiger partial charge < -0.3 is 9.67 Å². The van der Waals surface area contributed by atoms with E-state index in [-0.39, 0.29) is 0 Å². The summed E-state index contributed by atoms with van der Waals surface area (Å²) in [6.07, 6.45) is 10.3. The zero-order valence-corrected chi connectivity index (χ0v) is 15.2. The number of likely N-dealkylation sites (tertiary alicyclic amines) is 1. The van der Waals surface area contributed by atoms with Crippen molar-refractivity contribution in [2.24, 2.45) is 0 Å². The molecule has 0 spiro atoms. The number of aliphatic hydroxyl groups excluding tert-OH is 1. The minimum atomic E-state index is 0.465. The van der Waals surface area contributed by atoms with E-state index in [0.717, 1.165) is 32.5 Å². The van der Waals surface area contributed by atoms with Crippen LogP contribution in [-0.4, -0.2) is 27.7 Å². The highest BCUT2D eigenvalue weighted by Crippen LogP contribution is 2.35. The minimum Gasteiger partial charge on any atom is -0.371 e. The molecule has 0 saturated carbocycles. The van der Waals surface area contributed by atoms with Gasteiger partial charge >= 0.3 is 0 Å². The Morgan fingerprint density at radius 3 is 2.58 bits per heavy atom. The lowest BCUT2D eigenvalue weighted by atomic mass is 9.89. The van der Waals surface area contributed by atoms with Crippen molar-refractivity contribution in [3.63, 3.8) is 0 Å². The molecule has 0 amide bonds. The van der Waals surface area contributed by atoms with Gasteiger partial charge in [0.1, 0.15) is 0 Å². The van der Waals surface area contributed by atoms with Crippen LogP contribution in [-0.2, 0) is 6.54 Å². The third-order valence-electron chi connectivity index (χ3n) is 5.46. The molecule has 1 aliphatic rings.